The maximum Gasteiger partial charge on any atom is 0.416 e. The molecule has 6 nitrogen and oxygen atoms in total. The van der Waals surface area contributed by atoms with Crippen LogP contribution in [0.1, 0.15) is 24.0 Å². The second-order valence-electron chi connectivity index (χ2n) is 7.15. The average Bonchev–Trinajstić information content (AvgIpc) is 2.98. The normalized spacial score (nSPS) is 20.1. The minimum atomic E-state index is -4.58. The lowest BCUT2D eigenvalue weighted by molar-refractivity contribution is -0.138. The highest BCUT2D eigenvalue weighted by atomic mass is 19.4. The van der Waals surface area contributed by atoms with Crippen molar-refractivity contribution in [2.45, 2.75) is 37.6 Å². The second-order valence-corrected chi connectivity index (χ2v) is 7.15. The van der Waals surface area contributed by atoms with Gasteiger partial charge in [-0.25, -0.2) is 9.18 Å². The van der Waals surface area contributed by atoms with Gasteiger partial charge in [-0.15, -0.1) is 0 Å². The average molecular weight is 403 g/mol. The van der Waals surface area contributed by atoms with Gasteiger partial charge in [-0.2, -0.15) is 13.2 Å². The maximum atomic E-state index is 14.0. The highest BCUT2D eigenvalue weighted by Crippen LogP contribution is 2.30. The molecular weight excluding hydrogens is 382 g/mol. The van der Waals surface area contributed by atoms with Crippen molar-refractivity contribution in [1.29, 1.82) is 0 Å². The fourth-order valence-electron chi connectivity index (χ4n) is 3.22. The zero-order valence-electron chi connectivity index (χ0n) is 15.3. The van der Waals surface area contributed by atoms with E-state index in [9.17, 15) is 27.2 Å². The van der Waals surface area contributed by atoms with Crippen LogP contribution in [0.2, 0.25) is 0 Å². The molecule has 0 saturated carbocycles. The molecule has 1 atom stereocenters. The van der Waals surface area contributed by atoms with Gasteiger partial charge < -0.3 is 15.0 Å². The number of likely N-dealkylation sites (N-methyl/N-ethyl adjacent to an activating group) is 1. The summed E-state index contributed by atoms with van der Waals surface area (Å²) < 4.78 is 56.6. The van der Waals surface area contributed by atoms with Gasteiger partial charge in [-0.3, -0.25) is 9.69 Å². The van der Waals surface area contributed by atoms with Crippen molar-refractivity contribution in [3.8, 4) is 0 Å². The van der Waals surface area contributed by atoms with Crippen LogP contribution in [0.4, 0.5) is 22.4 Å². The third-order valence-corrected chi connectivity index (χ3v) is 5.08. The Labute approximate surface area is 159 Å². The minimum absolute atomic E-state index is 0.0140. The number of hydrogen-bond donors (Lipinski definition) is 1. The molecule has 154 valence electrons. The molecule has 0 spiro atoms. The predicted octanol–water partition coefficient (Wildman–Crippen LogP) is 2.38. The van der Waals surface area contributed by atoms with Crippen LogP contribution in [0.3, 0.4) is 0 Å². The van der Waals surface area contributed by atoms with Gasteiger partial charge in [-0.1, -0.05) is 6.07 Å². The van der Waals surface area contributed by atoms with Crippen LogP contribution >= 0.6 is 0 Å². The topological polar surface area (TPSA) is 61.9 Å². The van der Waals surface area contributed by atoms with Crippen LogP contribution < -0.4 is 5.32 Å². The van der Waals surface area contributed by atoms with E-state index in [0.29, 0.717) is 25.6 Å². The standard InChI is InChI=1S/C18H21F4N3O3/c1-24(7-11-2-3-12(6-15(11)19)18(20,21)22)14-8-25(9-14)16(26)5-4-13-10-28-17(27)23-13/h2-3,6,13-14H,4-5,7-10H2,1H3,(H,23,27). The Morgan fingerprint density at radius 1 is 1.36 bits per heavy atom. The Kier molecular flexibility index (Phi) is 5.78. The number of halogens is 4. The molecule has 0 radical (unpaired) electrons. The SMILES string of the molecule is CN(Cc1ccc(C(F)(F)F)cc1F)C1CN(C(=O)CCC2COC(=O)N2)C1. The lowest BCUT2D eigenvalue weighted by Crippen LogP contribution is -2.60. The first kappa shape index (κ1) is 20.4. The number of nitrogens with one attached hydrogen (secondary N) is 1. The molecule has 0 aliphatic carbocycles. The van der Waals surface area contributed by atoms with E-state index in [1.54, 1.807) is 11.9 Å². The summed E-state index contributed by atoms with van der Waals surface area (Å²) in [7, 11) is 1.75. The number of carbonyl (C=O) groups is 2. The molecule has 2 heterocycles. The van der Waals surface area contributed by atoms with Crippen molar-refractivity contribution < 1.29 is 31.9 Å². The van der Waals surface area contributed by atoms with Crippen molar-refractivity contribution in [2.24, 2.45) is 0 Å². The smallest absolute Gasteiger partial charge is 0.416 e. The summed E-state index contributed by atoms with van der Waals surface area (Å²) in [5.41, 5.74) is -0.835. The van der Waals surface area contributed by atoms with E-state index in [4.69, 9.17) is 4.74 Å². The molecule has 1 N–H and O–H groups in total. The quantitative estimate of drug-likeness (QED) is 0.741. The summed E-state index contributed by atoms with van der Waals surface area (Å²) in [6.07, 6.45) is -4.26. The van der Waals surface area contributed by atoms with Gasteiger partial charge in [0.1, 0.15) is 12.4 Å². The Hall–Kier alpha value is -2.36. The minimum Gasteiger partial charge on any atom is -0.447 e. The zero-order valence-corrected chi connectivity index (χ0v) is 15.3. The summed E-state index contributed by atoms with van der Waals surface area (Å²) in [5, 5.41) is 2.61. The highest BCUT2D eigenvalue weighted by Gasteiger charge is 2.35. The molecule has 1 aromatic rings. The van der Waals surface area contributed by atoms with Gasteiger partial charge in [0, 0.05) is 37.7 Å². The molecule has 2 saturated heterocycles. The van der Waals surface area contributed by atoms with E-state index in [2.05, 4.69) is 5.32 Å². The lowest BCUT2D eigenvalue weighted by Gasteiger charge is -2.44. The summed E-state index contributed by atoms with van der Waals surface area (Å²) in [5.74, 6) is -0.929. The van der Waals surface area contributed by atoms with Crippen LogP contribution in [-0.2, 0) is 22.3 Å². The molecule has 0 aromatic heterocycles. The first-order valence-electron chi connectivity index (χ1n) is 8.90. The van der Waals surface area contributed by atoms with Crippen LogP contribution in [0.5, 0.6) is 0 Å². The van der Waals surface area contributed by atoms with Gasteiger partial charge in [0.15, 0.2) is 0 Å². The molecular formula is C18H21F4N3O3. The summed E-state index contributed by atoms with van der Waals surface area (Å²) in [4.78, 5) is 26.6. The third-order valence-electron chi connectivity index (χ3n) is 5.08. The molecule has 1 unspecified atom stereocenters. The number of amides is 2. The summed E-state index contributed by atoms with van der Waals surface area (Å²) >= 11 is 0. The fraction of sp³-hybridized carbons (Fsp3) is 0.556. The van der Waals surface area contributed by atoms with Gasteiger partial charge in [0.2, 0.25) is 5.91 Å². The molecule has 2 fully saturated rings. The van der Waals surface area contributed by atoms with Crippen LogP contribution in [0.15, 0.2) is 18.2 Å². The van der Waals surface area contributed by atoms with E-state index in [1.807, 2.05) is 4.90 Å². The van der Waals surface area contributed by atoms with Crippen molar-refractivity contribution in [2.75, 3.05) is 26.7 Å². The number of hydrogen-bond acceptors (Lipinski definition) is 4. The van der Waals surface area contributed by atoms with Gasteiger partial charge in [0.05, 0.1) is 11.6 Å². The number of cyclic esters (lactones) is 1. The third kappa shape index (κ3) is 4.73. The largest absolute Gasteiger partial charge is 0.447 e. The van der Waals surface area contributed by atoms with Crippen molar-refractivity contribution in [3.05, 3.63) is 35.1 Å². The molecule has 2 aliphatic heterocycles. The molecule has 28 heavy (non-hydrogen) atoms. The Morgan fingerprint density at radius 3 is 2.64 bits per heavy atom. The summed E-state index contributed by atoms with van der Waals surface area (Å²) in [6.45, 7) is 1.37. The van der Waals surface area contributed by atoms with E-state index < -0.39 is 23.7 Å². The van der Waals surface area contributed by atoms with Crippen LogP contribution in [-0.4, -0.2) is 60.6 Å². The Bertz CT molecular complexity index is 750. The predicted molar refractivity (Wildman–Crippen MR) is 90.7 cm³/mol. The van der Waals surface area contributed by atoms with Gasteiger partial charge in [-0.05, 0) is 25.6 Å². The van der Waals surface area contributed by atoms with E-state index >= 15 is 0 Å². The van der Waals surface area contributed by atoms with E-state index in [-0.39, 0.29) is 43.1 Å². The number of alkyl carbamates (subject to hydrolysis) is 1. The first-order chi connectivity index (χ1) is 13.1. The second kappa shape index (κ2) is 7.94. The maximum absolute atomic E-state index is 14.0. The number of carbonyl (C=O) groups excluding carboxylic acids is 2. The number of nitrogens with zero attached hydrogens (tertiary/aromatic N) is 2. The van der Waals surface area contributed by atoms with E-state index in [0.717, 1.165) is 12.1 Å². The van der Waals surface area contributed by atoms with Crippen molar-refractivity contribution in [1.82, 2.24) is 15.1 Å². The monoisotopic (exact) mass is 403 g/mol. The van der Waals surface area contributed by atoms with Crippen LogP contribution in [0.25, 0.3) is 0 Å². The number of benzene rings is 1. The highest BCUT2D eigenvalue weighted by molar-refractivity contribution is 5.77. The fourth-order valence-corrected chi connectivity index (χ4v) is 3.22. The van der Waals surface area contributed by atoms with Gasteiger partial charge in [0.25, 0.3) is 0 Å². The van der Waals surface area contributed by atoms with Gasteiger partial charge >= 0.3 is 12.3 Å². The molecule has 0 bridgehead atoms. The zero-order chi connectivity index (χ0) is 20.5. The van der Waals surface area contributed by atoms with E-state index in [1.165, 1.54) is 0 Å². The van der Waals surface area contributed by atoms with Crippen molar-refractivity contribution in [3.63, 3.8) is 0 Å². The molecule has 3 rings (SSSR count). The molecule has 2 aliphatic rings. The molecule has 1 aromatic carbocycles. The van der Waals surface area contributed by atoms with Crippen molar-refractivity contribution >= 4 is 12.0 Å². The summed E-state index contributed by atoms with van der Waals surface area (Å²) in [6, 6.07) is 2.38. The number of alkyl halides is 3. The number of ether oxygens (including phenoxy) is 1. The number of likely N-dealkylation sites (tertiary alicyclic amines) is 1. The lowest BCUT2D eigenvalue weighted by atomic mass is 10.0. The molecule has 2 amide bonds. The van der Waals surface area contributed by atoms with Crippen LogP contribution in [0, 0.1) is 5.82 Å². The molecule has 10 heteroatoms. The Morgan fingerprint density at radius 2 is 2.07 bits per heavy atom. The Balaban J connectivity index is 1.44. The number of rotatable bonds is 6. The first-order valence-corrected chi connectivity index (χ1v) is 8.90.